The number of aryl methyl sites for hydroxylation is 1. The zero-order valence-electron chi connectivity index (χ0n) is 11.5. The lowest BCUT2D eigenvalue weighted by Gasteiger charge is -1.99. The average molecular weight is 277 g/mol. The lowest BCUT2D eigenvalue weighted by molar-refractivity contribution is 0.0489. The molecule has 0 N–H and O–H groups in total. The highest BCUT2D eigenvalue weighted by Gasteiger charge is 2.21. The smallest absolute Gasteiger partial charge is 0.376 e. The molecule has 0 radical (unpaired) electrons. The molecule has 0 unspecified atom stereocenters. The van der Waals surface area contributed by atoms with Crippen LogP contribution >= 0.6 is 0 Å². The van der Waals surface area contributed by atoms with Crippen LogP contribution in [-0.4, -0.2) is 17.6 Å². The van der Waals surface area contributed by atoms with Gasteiger partial charge in [0.15, 0.2) is 0 Å². The summed E-state index contributed by atoms with van der Waals surface area (Å²) in [7, 11) is 0. The van der Waals surface area contributed by atoms with E-state index >= 15 is 0 Å². The summed E-state index contributed by atoms with van der Waals surface area (Å²) in [6.07, 6.45) is 1.46. The third kappa shape index (κ3) is 3.04. The molecule has 1 heterocycles. The molecule has 2 aromatic rings. The van der Waals surface area contributed by atoms with Crippen LogP contribution in [0.25, 0.3) is 11.5 Å². The fourth-order valence-electron chi connectivity index (χ4n) is 1.83. The molecule has 0 aliphatic heterocycles. The SMILES string of the molecule is CCCc1nc(-c2ccc(F)cc2)oc1C(=O)OCC. The van der Waals surface area contributed by atoms with Gasteiger partial charge < -0.3 is 9.15 Å². The second-order valence-corrected chi connectivity index (χ2v) is 4.27. The zero-order chi connectivity index (χ0) is 14.5. The second kappa shape index (κ2) is 6.32. The Kier molecular flexibility index (Phi) is 4.50. The molecule has 0 bridgehead atoms. The molecule has 1 aromatic carbocycles. The van der Waals surface area contributed by atoms with E-state index < -0.39 is 5.97 Å². The third-order valence-electron chi connectivity index (χ3n) is 2.74. The quantitative estimate of drug-likeness (QED) is 0.783. The number of carbonyl (C=O) groups excluding carboxylic acids is 1. The highest BCUT2D eigenvalue weighted by atomic mass is 19.1. The largest absolute Gasteiger partial charge is 0.460 e. The van der Waals surface area contributed by atoms with Crippen molar-refractivity contribution < 1.29 is 18.3 Å². The number of esters is 1. The normalized spacial score (nSPS) is 10.6. The van der Waals surface area contributed by atoms with Crippen LogP contribution in [0.2, 0.25) is 0 Å². The molecule has 0 aliphatic rings. The fraction of sp³-hybridized carbons (Fsp3) is 0.333. The number of aromatic nitrogens is 1. The monoisotopic (exact) mass is 277 g/mol. The van der Waals surface area contributed by atoms with E-state index in [2.05, 4.69) is 4.98 Å². The van der Waals surface area contributed by atoms with Gasteiger partial charge in [0.05, 0.1) is 12.3 Å². The first-order valence-corrected chi connectivity index (χ1v) is 6.58. The minimum atomic E-state index is -0.517. The van der Waals surface area contributed by atoms with Gasteiger partial charge in [-0.2, -0.15) is 0 Å². The Morgan fingerprint density at radius 2 is 2.00 bits per heavy atom. The molecule has 0 fully saturated rings. The van der Waals surface area contributed by atoms with Gasteiger partial charge in [-0.15, -0.1) is 0 Å². The van der Waals surface area contributed by atoms with Gasteiger partial charge >= 0.3 is 5.97 Å². The lowest BCUT2D eigenvalue weighted by Crippen LogP contribution is -2.06. The first-order chi connectivity index (χ1) is 9.65. The highest BCUT2D eigenvalue weighted by molar-refractivity contribution is 5.88. The van der Waals surface area contributed by atoms with Gasteiger partial charge in [-0.25, -0.2) is 14.2 Å². The van der Waals surface area contributed by atoms with E-state index in [0.717, 1.165) is 6.42 Å². The number of nitrogens with zero attached hydrogens (tertiary/aromatic N) is 1. The molecule has 5 heteroatoms. The fourth-order valence-corrected chi connectivity index (χ4v) is 1.83. The Balaban J connectivity index is 2.37. The van der Waals surface area contributed by atoms with Crippen molar-refractivity contribution in [3.05, 3.63) is 41.5 Å². The van der Waals surface area contributed by atoms with Gasteiger partial charge in [-0.1, -0.05) is 13.3 Å². The predicted molar refractivity (Wildman–Crippen MR) is 71.8 cm³/mol. The van der Waals surface area contributed by atoms with E-state index in [4.69, 9.17) is 9.15 Å². The van der Waals surface area contributed by atoms with E-state index in [1.165, 1.54) is 12.1 Å². The minimum Gasteiger partial charge on any atom is -0.460 e. The highest BCUT2D eigenvalue weighted by Crippen LogP contribution is 2.23. The van der Waals surface area contributed by atoms with Crippen LogP contribution in [0.5, 0.6) is 0 Å². The molecule has 0 amide bonds. The molecule has 0 saturated carbocycles. The van der Waals surface area contributed by atoms with Crippen molar-refractivity contribution >= 4 is 5.97 Å². The molecule has 4 nitrogen and oxygen atoms in total. The van der Waals surface area contributed by atoms with Crippen LogP contribution in [0.1, 0.15) is 36.5 Å². The number of hydrogen-bond acceptors (Lipinski definition) is 4. The van der Waals surface area contributed by atoms with Crippen LogP contribution in [0.15, 0.2) is 28.7 Å². The van der Waals surface area contributed by atoms with Crippen LogP contribution in [0, 0.1) is 5.82 Å². The van der Waals surface area contributed by atoms with E-state index in [9.17, 15) is 9.18 Å². The summed E-state index contributed by atoms with van der Waals surface area (Å²) in [5.74, 6) is -0.416. The number of ether oxygens (including phenoxy) is 1. The van der Waals surface area contributed by atoms with Crippen LogP contribution in [0.3, 0.4) is 0 Å². The van der Waals surface area contributed by atoms with Gasteiger partial charge in [0, 0.05) is 5.56 Å². The number of hydrogen-bond donors (Lipinski definition) is 0. The van der Waals surface area contributed by atoms with Crippen molar-refractivity contribution in [1.82, 2.24) is 4.98 Å². The molecule has 106 valence electrons. The standard InChI is InChI=1S/C15H16FNO3/c1-3-5-12-13(15(18)19-4-2)20-14(17-12)10-6-8-11(16)9-7-10/h6-9H,3-5H2,1-2H3. The van der Waals surface area contributed by atoms with E-state index in [0.29, 0.717) is 23.6 Å². The van der Waals surface area contributed by atoms with Crippen LogP contribution in [-0.2, 0) is 11.2 Å². The van der Waals surface area contributed by atoms with Crippen molar-refractivity contribution in [1.29, 1.82) is 0 Å². The number of oxazole rings is 1. The lowest BCUT2D eigenvalue weighted by atomic mass is 10.2. The Morgan fingerprint density at radius 1 is 1.30 bits per heavy atom. The van der Waals surface area contributed by atoms with Gasteiger partial charge in [-0.3, -0.25) is 0 Å². The Bertz CT molecular complexity index is 590. The maximum atomic E-state index is 12.9. The summed E-state index contributed by atoms with van der Waals surface area (Å²) in [6.45, 7) is 3.99. The van der Waals surface area contributed by atoms with E-state index in [1.54, 1.807) is 19.1 Å². The first-order valence-electron chi connectivity index (χ1n) is 6.58. The zero-order valence-corrected chi connectivity index (χ0v) is 11.5. The Hall–Kier alpha value is -2.17. The molecule has 2 rings (SSSR count). The predicted octanol–water partition coefficient (Wildman–Crippen LogP) is 3.61. The average Bonchev–Trinajstić information content (AvgIpc) is 2.84. The molecule has 0 spiro atoms. The van der Waals surface area contributed by atoms with Crippen molar-refractivity contribution in [2.24, 2.45) is 0 Å². The van der Waals surface area contributed by atoms with Gasteiger partial charge in [0.25, 0.3) is 0 Å². The maximum absolute atomic E-state index is 12.9. The minimum absolute atomic E-state index is 0.132. The Morgan fingerprint density at radius 3 is 2.60 bits per heavy atom. The summed E-state index contributed by atoms with van der Waals surface area (Å²) in [6, 6.07) is 5.77. The summed E-state index contributed by atoms with van der Waals surface area (Å²) in [5.41, 5.74) is 1.20. The maximum Gasteiger partial charge on any atom is 0.376 e. The van der Waals surface area contributed by atoms with Crippen LogP contribution < -0.4 is 0 Å². The van der Waals surface area contributed by atoms with Crippen molar-refractivity contribution in [2.75, 3.05) is 6.61 Å². The first kappa shape index (κ1) is 14.2. The molecule has 0 saturated heterocycles. The summed E-state index contributed by atoms with van der Waals surface area (Å²) >= 11 is 0. The van der Waals surface area contributed by atoms with Crippen molar-refractivity contribution in [2.45, 2.75) is 26.7 Å². The number of benzene rings is 1. The van der Waals surface area contributed by atoms with Crippen molar-refractivity contribution in [3.8, 4) is 11.5 Å². The van der Waals surface area contributed by atoms with Gasteiger partial charge in [-0.05, 0) is 37.6 Å². The summed E-state index contributed by atoms with van der Waals surface area (Å²) in [5, 5.41) is 0. The molecular weight excluding hydrogens is 261 g/mol. The molecule has 20 heavy (non-hydrogen) atoms. The molecule has 0 aliphatic carbocycles. The molecule has 0 atom stereocenters. The van der Waals surface area contributed by atoms with Gasteiger partial charge in [0.1, 0.15) is 5.82 Å². The Labute approximate surface area is 116 Å². The number of carbonyl (C=O) groups is 1. The van der Waals surface area contributed by atoms with Crippen molar-refractivity contribution in [3.63, 3.8) is 0 Å². The summed E-state index contributed by atoms with van der Waals surface area (Å²) in [4.78, 5) is 16.1. The number of rotatable bonds is 5. The van der Waals surface area contributed by atoms with Crippen LogP contribution in [0.4, 0.5) is 4.39 Å². The third-order valence-corrected chi connectivity index (χ3v) is 2.74. The number of halogens is 1. The van der Waals surface area contributed by atoms with E-state index in [1.807, 2.05) is 6.92 Å². The summed E-state index contributed by atoms with van der Waals surface area (Å²) < 4.78 is 23.4. The second-order valence-electron chi connectivity index (χ2n) is 4.27. The topological polar surface area (TPSA) is 52.3 Å². The molecule has 1 aromatic heterocycles. The van der Waals surface area contributed by atoms with E-state index in [-0.39, 0.29) is 18.2 Å². The molecular formula is C15H16FNO3. The van der Waals surface area contributed by atoms with Gasteiger partial charge in [0.2, 0.25) is 11.7 Å².